The lowest BCUT2D eigenvalue weighted by molar-refractivity contribution is -0.139. The molecule has 3 N–H and O–H groups in total. The van der Waals surface area contributed by atoms with Crippen molar-refractivity contribution in [3.8, 4) is 5.75 Å². The molecule has 19 heavy (non-hydrogen) atoms. The zero-order chi connectivity index (χ0) is 15.0. The Morgan fingerprint density at radius 3 is 2.21 bits per heavy atom. The Labute approximate surface area is 103 Å². The van der Waals surface area contributed by atoms with Crippen molar-refractivity contribution >= 4 is 11.8 Å². The van der Waals surface area contributed by atoms with Gasteiger partial charge in [-0.3, -0.25) is 10.2 Å². The maximum absolute atomic E-state index is 13.5. The Hall–Kier alpha value is -2.19. The molecule has 0 heterocycles. The van der Waals surface area contributed by atoms with Crippen molar-refractivity contribution in [2.24, 2.45) is 5.73 Å². The predicted molar refractivity (Wildman–Crippen MR) is 53.7 cm³/mol. The molecule has 0 aliphatic carbocycles. The van der Waals surface area contributed by atoms with E-state index >= 15 is 0 Å². The summed E-state index contributed by atoms with van der Waals surface area (Å²) in [5, 5.41) is 6.87. The molecular formula is C10H7F5N2O2. The molecule has 0 bridgehead atoms. The number of halogens is 5. The molecule has 1 aromatic rings. The van der Waals surface area contributed by atoms with Crippen LogP contribution in [0.2, 0.25) is 0 Å². The van der Waals surface area contributed by atoms with E-state index in [0.717, 1.165) is 6.92 Å². The van der Waals surface area contributed by atoms with Gasteiger partial charge in [0, 0.05) is 6.92 Å². The van der Waals surface area contributed by atoms with Crippen LogP contribution in [-0.4, -0.2) is 11.8 Å². The maximum Gasteiger partial charge on any atom is 0.417 e. The number of rotatable bonds is 2. The lowest BCUT2D eigenvalue weighted by Gasteiger charge is -2.15. The summed E-state index contributed by atoms with van der Waals surface area (Å²) >= 11 is 0. The van der Waals surface area contributed by atoms with E-state index in [1.165, 1.54) is 0 Å². The van der Waals surface area contributed by atoms with E-state index in [1.807, 2.05) is 0 Å². The van der Waals surface area contributed by atoms with Gasteiger partial charge in [-0.05, 0) is 6.07 Å². The number of carbonyl (C=O) groups is 1. The molecule has 0 saturated carbocycles. The molecule has 0 fully saturated rings. The Kier molecular flexibility index (Phi) is 3.78. The van der Waals surface area contributed by atoms with Gasteiger partial charge >= 0.3 is 12.1 Å². The summed E-state index contributed by atoms with van der Waals surface area (Å²) in [6.45, 7) is 0.809. The number of nitrogens with two attached hydrogens (primary N) is 1. The van der Waals surface area contributed by atoms with Crippen molar-refractivity contribution in [3.63, 3.8) is 0 Å². The van der Waals surface area contributed by atoms with Crippen LogP contribution in [0, 0.1) is 17.0 Å². The molecule has 1 rings (SSSR count). The van der Waals surface area contributed by atoms with Gasteiger partial charge in [-0.15, -0.1) is 0 Å². The van der Waals surface area contributed by atoms with Gasteiger partial charge in [0.2, 0.25) is 5.82 Å². The van der Waals surface area contributed by atoms with Crippen molar-refractivity contribution in [2.45, 2.75) is 13.1 Å². The quantitative estimate of drug-likeness (QED) is 0.287. The van der Waals surface area contributed by atoms with E-state index in [2.05, 4.69) is 4.74 Å². The van der Waals surface area contributed by atoms with Gasteiger partial charge in [-0.1, -0.05) is 0 Å². The van der Waals surface area contributed by atoms with Crippen LogP contribution in [0.5, 0.6) is 5.75 Å². The van der Waals surface area contributed by atoms with Gasteiger partial charge in [-0.25, -0.2) is 4.39 Å². The summed E-state index contributed by atoms with van der Waals surface area (Å²) in [7, 11) is 0. The minimum absolute atomic E-state index is 0.0799. The second-order valence-corrected chi connectivity index (χ2v) is 3.43. The lowest BCUT2D eigenvalue weighted by Crippen LogP contribution is -2.22. The highest BCUT2D eigenvalue weighted by atomic mass is 19.4. The Morgan fingerprint density at radius 2 is 1.84 bits per heavy atom. The number of esters is 1. The van der Waals surface area contributed by atoms with E-state index < -0.39 is 46.5 Å². The van der Waals surface area contributed by atoms with Crippen molar-refractivity contribution in [1.29, 1.82) is 5.41 Å². The zero-order valence-corrected chi connectivity index (χ0v) is 9.36. The van der Waals surface area contributed by atoms with Crippen LogP contribution in [0.25, 0.3) is 0 Å². The average molecular weight is 282 g/mol. The van der Waals surface area contributed by atoms with Gasteiger partial charge in [0.05, 0.1) is 11.1 Å². The number of nitrogen functional groups attached to an aromatic ring is 1. The molecule has 104 valence electrons. The molecule has 0 radical (unpaired) electrons. The second kappa shape index (κ2) is 4.82. The average Bonchev–Trinajstić information content (AvgIpc) is 2.21. The topological polar surface area (TPSA) is 76.2 Å². The summed E-state index contributed by atoms with van der Waals surface area (Å²) in [6.07, 6.45) is -5.09. The highest BCUT2D eigenvalue weighted by Gasteiger charge is 2.38. The number of nitrogens with one attached hydrogen (secondary N) is 1. The minimum Gasteiger partial charge on any atom is -0.423 e. The maximum atomic E-state index is 13.5. The van der Waals surface area contributed by atoms with Crippen LogP contribution in [0.15, 0.2) is 6.07 Å². The van der Waals surface area contributed by atoms with Gasteiger partial charge in [0.25, 0.3) is 0 Å². The third-order valence-corrected chi connectivity index (χ3v) is 2.00. The molecule has 0 aromatic heterocycles. The number of ether oxygens (including phenoxy) is 1. The van der Waals surface area contributed by atoms with Crippen molar-refractivity contribution in [3.05, 3.63) is 28.8 Å². The summed E-state index contributed by atoms with van der Waals surface area (Å²) in [4.78, 5) is 10.6. The Morgan fingerprint density at radius 1 is 1.32 bits per heavy atom. The van der Waals surface area contributed by atoms with Gasteiger partial charge < -0.3 is 10.5 Å². The van der Waals surface area contributed by atoms with Gasteiger partial charge in [0.1, 0.15) is 5.84 Å². The molecule has 0 unspecified atom stereocenters. The highest BCUT2D eigenvalue weighted by molar-refractivity contribution is 5.97. The third kappa shape index (κ3) is 2.98. The van der Waals surface area contributed by atoms with E-state index in [0.29, 0.717) is 0 Å². The van der Waals surface area contributed by atoms with Crippen molar-refractivity contribution < 1.29 is 31.5 Å². The van der Waals surface area contributed by atoms with E-state index in [9.17, 15) is 26.7 Å². The first kappa shape index (κ1) is 14.9. The van der Waals surface area contributed by atoms with Crippen molar-refractivity contribution in [1.82, 2.24) is 0 Å². The monoisotopic (exact) mass is 282 g/mol. The fourth-order valence-electron chi connectivity index (χ4n) is 1.32. The molecule has 4 nitrogen and oxygen atoms in total. The van der Waals surface area contributed by atoms with E-state index in [1.54, 1.807) is 0 Å². The molecular weight excluding hydrogens is 275 g/mol. The Balaban J connectivity index is 3.64. The molecule has 0 saturated heterocycles. The third-order valence-electron chi connectivity index (χ3n) is 2.00. The SMILES string of the molecule is CC(=O)Oc1cc(C(F)(F)F)c(C(=N)N)c(F)c1F. The number of hydrogen-bond acceptors (Lipinski definition) is 3. The van der Waals surface area contributed by atoms with E-state index in [4.69, 9.17) is 11.1 Å². The van der Waals surface area contributed by atoms with Gasteiger partial charge in [0.15, 0.2) is 11.6 Å². The molecule has 9 heteroatoms. The molecule has 0 spiro atoms. The first-order chi connectivity index (χ1) is 8.55. The Bertz CT molecular complexity index is 554. The zero-order valence-electron chi connectivity index (χ0n) is 9.36. The highest BCUT2D eigenvalue weighted by Crippen LogP contribution is 2.37. The van der Waals surface area contributed by atoms with Crippen LogP contribution < -0.4 is 10.5 Å². The number of carbonyl (C=O) groups excluding carboxylic acids is 1. The summed E-state index contributed by atoms with van der Waals surface area (Å²) in [6, 6.07) is 0.0799. The summed E-state index contributed by atoms with van der Waals surface area (Å²) in [5.74, 6) is -7.46. The molecule has 0 aliphatic rings. The summed E-state index contributed by atoms with van der Waals surface area (Å²) < 4.78 is 68.9. The van der Waals surface area contributed by atoms with Crippen LogP contribution in [0.4, 0.5) is 22.0 Å². The van der Waals surface area contributed by atoms with Crippen LogP contribution >= 0.6 is 0 Å². The number of amidine groups is 1. The first-order valence-corrected chi connectivity index (χ1v) is 4.67. The normalized spacial score (nSPS) is 11.3. The van der Waals surface area contributed by atoms with Gasteiger partial charge in [-0.2, -0.15) is 17.6 Å². The first-order valence-electron chi connectivity index (χ1n) is 4.67. The molecule has 1 aromatic carbocycles. The van der Waals surface area contributed by atoms with Crippen LogP contribution in [-0.2, 0) is 11.0 Å². The summed E-state index contributed by atoms with van der Waals surface area (Å²) in [5.41, 5.74) is 1.67. The fraction of sp³-hybridized carbons (Fsp3) is 0.200. The van der Waals surface area contributed by atoms with E-state index in [-0.39, 0.29) is 6.07 Å². The standard InChI is InChI=1S/C10H7F5N2O2/c1-3(18)19-5-2-4(10(13,14)15)6(9(16)17)8(12)7(5)11/h2H,1H3,(H3,16,17). The fourth-order valence-corrected chi connectivity index (χ4v) is 1.32. The molecule has 0 atom stereocenters. The predicted octanol–water partition coefficient (Wildman–Crippen LogP) is 2.19. The lowest BCUT2D eigenvalue weighted by atomic mass is 10.0. The van der Waals surface area contributed by atoms with Crippen LogP contribution in [0.3, 0.4) is 0 Å². The number of benzene rings is 1. The second-order valence-electron chi connectivity index (χ2n) is 3.43. The molecule has 0 amide bonds. The van der Waals surface area contributed by atoms with Crippen molar-refractivity contribution in [2.75, 3.05) is 0 Å². The molecule has 0 aliphatic heterocycles. The number of alkyl halides is 3. The smallest absolute Gasteiger partial charge is 0.417 e. The number of hydrogen-bond donors (Lipinski definition) is 2. The minimum atomic E-state index is -5.09. The van der Waals surface area contributed by atoms with Crippen LogP contribution in [0.1, 0.15) is 18.1 Å². The largest absolute Gasteiger partial charge is 0.423 e.